The largest absolute Gasteiger partial charge is 0.598 e. The minimum Gasteiger partial charge on any atom is -0.598 e. The number of rotatable bonds is 7. The van der Waals surface area contributed by atoms with E-state index in [4.69, 9.17) is 13.8 Å². The summed E-state index contributed by atoms with van der Waals surface area (Å²) in [5, 5.41) is 14.9. The van der Waals surface area contributed by atoms with Crippen LogP contribution >= 0.6 is 0 Å². The van der Waals surface area contributed by atoms with Crippen LogP contribution in [0.25, 0.3) is 33.3 Å². The Balaban J connectivity index is 1.17. The monoisotopic (exact) mass is 645 g/mol. The average Bonchev–Trinajstić information content (AvgIpc) is 3.80. The number of amides is 1. The number of phenolic OH excluding ortho intramolecular Hbond substituents is 1. The van der Waals surface area contributed by atoms with Crippen molar-refractivity contribution in [2.45, 2.75) is 31.7 Å². The first-order valence-corrected chi connectivity index (χ1v) is 16.8. The van der Waals surface area contributed by atoms with E-state index in [1.807, 2.05) is 19.8 Å². The number of furan rings is 1. The summed E-state index contributed by atoms with van der Waals surface area (Å²) < 4.78 is 27.5. The predicted octanol–water partition coefficient (Wildman–Crippen LogP) is 4.48. The Morgan fingerprint density at radius 3 is 2.57 bits per heavy atom. The van der Waals surface area contributed by atoms with Gasteiger partial charge < -0.3 is 38.2 Å². The molecule has 5 aromatic rings. The zero-order chi connectivity index (χ0) is 32.1. The minimum atomic E-state index is -1.05. The van der Waals surface area contributed by atoms with Crippen molar-refractivity contribution in [3.05, 3.63) is 58.7 Å². The number of hydrogen-bond acceptors (Lipinski definition) is 11. The quantitative estimate of drug-likeness (QED) is 0.190. The first-order chi connectivity index (χ1) is 22.2. The van der Waals surface area contributed by atoms with Gasteiger partial charge >= 0.3 is 0 Å². The molecule has 1 unspecified atom stereocenters. The molecular weight excluding hydrogens is 610 g/mol. The van der Waals surface area contributed by atoms with Crippen molar-refractivity contribution >= 4 is 57.0 Å². The van der Waals surface area contributed by atoms with Crippen LogP contribution in [0.15, 0.2) is 56.4 Å². The number of nitrogens with one attached hydrogen (secondary N) is 1. The Hall–Kier alpha value is -4.53. The highest BCUT2D eigenvalue weighted by Gasteiger charge is 2.28. The standard InChI is InChI=1S/C32H35N7O6S/c1-36(2)31(42)24-14-20-17-33-32(35-30(20)39(24)21-6-4-5-7-21)34-23-9-8-19(15-25(23)40)22-18-44-29-26(41)16-27(45-28(22)29)37-10-12-38(13-11-37)46(3)43/h8-9,14-18,21,40H,4-7,10-13H2,1-3H3,(H,33,34,35). The van der Waals surface area contributed by atoms with Crippen LogP contribution in [-0.2, 0) is 11.4 Å². The number of aromatic nitrogens is 3. The Labute approximate surface area is 267 Å². The van der Waals surface area contributed by atoms with Gasteiger partial charge in [0.25, 0.3) is 5.91 Å². The molecule has 2 fully saturated rings. The van der Waals surface area contributed by atoms with Crippen molar-refractivity contribution in [3.63, 3.8) is 0 Å². The smallest absolute Gasteiger partial charge is 0.270 e. The molecule has 5 heterocycles. The van der Waals surface area contributed by atoms with Crippen LogP contribution in [0, 0.1) is 0 Å². The summed E-state index contributed by atoms with van der Waals surface area (Å²) in [5.74, 6) is 0.550. The van der Waals surface area contributed by atoms with E-state index in [0.717, 1.165) is 31.1 Å². The molecule has 1 saturated heterocycles. The molecular formula is C32H35N7O6S. The van der Waals surface area contributed by atoms with Crippen LogP contribution in [0.3, 0.4) is 0 Å². The normalized spacial score (nSPS) is 16.8. The summed E-state index contributed by atoms with van der Waals surface area (Å²) in [6, 6.07) is 8.48. The lowest BCUT2D eigenvalue weighted by Crippen LogP contribution is -2.48. The van der Waals surface area contributed by atoms with Crippen molar-refractivity contribution in [1.82, 2.24) is 23.7 Å². The maximum atomic E-state index is 13.0. The van der Waals surface area contributed by atoms with Gasteiger partial charge in [-0.15, -0.1) is 4.31 Å². The highest BCUT2D eigenvalue weighted by atomic mass is 32.2. The number of aromatic hydroxyl groups is 1. The molecule has 0 radical (unpaired) electrons. The van der Waals surface area contributed by atoms with Crippen molar-refractivity contribution in [3.8, 4) is 16.9 Å². The lowest BCUT2D eigenvalue weighted by molar-refractivity contribution is 0.0815. The van der Waals surface area contributed by atoms with Gasteiger partial charge in [0.1, 0.15) is 29.6 Å². The number of hydrogen-bond donors (Lipinski definition) is 2. The van der Waals surface area contributed by atoms with Gasteiger partial charge in [0.05, 0.1) is 30.4 Å². The van der Waals surface area contributed by atoms with E-state index >= 15 is 0 Å². The molecule has 1 amide bonds. The van der Waals surface area contributed by atoms with E-state index in [1.165, 1.54) is 12.3 Å². The van der Waals surface area contributed by atoms with Gasteiger partial charge in [0.2, 0.25) is 17.0 Å². The molecule has 1 aliphatic heterocycles. The lowest BCUT2D eigenvalue weighted by Gasteiger charge is -2.33. The van der Waals surface area contributed by atoms with Crippen LogP contribution in [0.5, 0.6) is 5.75 Å². The zero-order valence-electron chi connectivity index (χ0n) is 25.9. The summed E-state index contributed by atoms with van der Waals surface area (Å²) in [6.45, 7) is 2.30. The number of nitrogens with zero attached hydrogens (tertiary/aromatic N) is 6. The summed E-state index contributed by atoms with van der Waals surface area (Å²) in [7, 11) is 3.48. The molecule has 240 valence electrons. The van der Waals surface area contributed by atoms with E-state index in [2.05, 4.69) is 10.3 Å². The van der Waals surface area contributed by atoms with Gasteiger partial charge in [0.15, 0.2) is 11.5 Å². The van der Waals surface area contributed by atoms with Crippen molar-refractivity contribution < 1.29 is 23.3 Å². The fourth-order valence-electron chi connectivity index (χ4n) is 6.37. The molecule has 4 aromatic heterocycles. The number of piperazine rings is 1. The van der Waals surface area contributed by atoms with Gasteiger partial charge in [-0.1, -0.05) is 18.9 Å². The van der Waals surface area contributed by atoms with Crippen LogP contribution in [0.4, 0.5) is 17.5 Å². The van der Waals surface area contributed by atoms with E-state index in [-0.39, 0.29) is 40.2 Å². The molecule has 1 aliphatic carbocycles. The number of fused-ring (bicyclic) bond motifs is 2. The molecule has 2 aliphatic rings. The number of phenols is 1. The van der Waals surface area contributed by atoms with Gasteiger partial charge in [0, 0.05) is 56.2 Å². The summed E-state index contributed by atoms with van der Waals surface area (Å²) in [5.41, 5.74) is 2.82. The maximum Gasteiger partial charge on any atom is 0.270 e. The number of carbonyl (C=O) groups excluding carboxylic acids is 1. The third-order valence-corrected chi connectivity index (χ3v) is 9.88. The Bertz CT molecular complexity index is 1990. The first kappa shape index (κ1) is 30.1. The third kappa shape index (κ3) is 5.46. The molecule has 0 spiro atoms. The second-order valence-corrected chi connectivity index (χ2v) is 13.3. The second-order valence-electron chi connectivity index (χ2n) is 12.0. The topological polar surface area (TPSA) is 156 Å². The van der Waals surface area contributed by atoms with E-state index < -0.39 is 11.4 Å². The molecule has 2 N–H and O–H groups in total. The Morgan fingerprint density at radius 1 is 1.11 bits per heavy atom. The SMILES string of the molecule is CN(C)C(=O)c1cc2cnc(Nc3ccc(-c4coc5c(=O)cc(N6CCN([S+](C)[O-])CC6)oc45)cc3O)nc2n1C1CCCC1. The Kier molecular flexibility index (Phi) is 7.87. The Morgan fingerprint density at radius 2 is 1.87 bits per heavy atom. The molecule has 1 saturated carbocycles. The predicted molar refractivity (Wildman–Crippen MR) is 176 cm³/mol. The van der Waals surface area contributed by atoms with Crippen LogP contribution in [0.1, 0.15) is 42.2 Å². The highest BCUT2D eigenvalue weighted by Crippen LogP contribution is 2.38. The summed E-state index contributed by atoms with van der Waals surface area (Å²) in [6.07, 6.45) is 8.95. The van der Waals surface area contributed by atoms with Crippen LogP contribution < -0.4 is 15.6 Å². The molecule has 1 atom stereocenters. The number of benzene rings is 1. The minimum absolute atomic E-state index is 0.0626. The average molecular weight is 646 g/mol. The molecule has 1 aromatic carbocycles. The van der Waals surface area contributed by atoms with Crippen molar-refractivity contribution in [2.75, 3.05) is 56.7 Å². The molecule has 14 heteroatoms. The third-order valence-electron chi connectivity index (χ3n) is 8.79. The van der Waals surface area contributed by atoms with Gasteiger partial charge in [-0.2, -0.15) is 4.98 Å². The van der Waals surface area contributed by atoms with Gasteiger partial charge in [-0.05, 0) is 36.6 Å². The van der Waals surface area contributed by atoms with Crippen molar-refractivity contribution in [1.29, 1.82) is 0 Å². The van der Waals surface area contributed by atoms with Gasteiger partial charge in [-0.25, -0.2) is 4.98 Å². The van der Waals surface area contributed by atoms with E-state index in [9.17, 15) is 19.2 Å². The van der Waals surface area contributed by atoms with E-state index in [0.29, 0.717) is 60.2 Å². The fraction of sp³-hybridized carbons (Fsp3) is 0.375. The van der Waals surface area contributed by atoms with Crippen molar-refractivity contribution in [2.24, 2.45) is 0 Å². The molecule has 0 bridgehead atoms. The number of carbonyl (C=O) groups is 1. The molecule has 7 rings (SSSR count). The zero-order valence-corrected chi connectivity index (χ0v) is 26.7. The second kappa shape index (κ2) is 12.0. The summed E-state index contributed by atoms with van der Waals surface area (Å²) >= 11 is -1.05. The maximum absolute atomic E-state index is 13.0. The van der Waals surface area contributed by atoms with E-state index in [1.54, 1.807) is 49.6 Å². The fourth-order valence-corrected chi connectivity index (χ4v) is 7.05. The molecule has 13 nitrogen and oxygen atoms in total. The van der Waals surface area contributed by atoms with Crippen LogP contribution in [0.2, 0.25) is 0 Å². The summed E-state index contributed by atoms with van der Waals surface area (Å²) in [4.78, 5) is 38.7. The first-order valence-electron chi connectivity index (χ1n) is 15.3. The highest BCUT2D eigenvalue weighted by molar-refractivity contribution is 7.88. The van der Waals surface area contributed by atoms with Crippen LogP contribution in [-0.4, -0.2) is 85.8 Å². The number of anilines is 3. The van der Waals surface area contributed by atoms with Gasteiger partial charge in [-0.3, -0.25) is 9.59 Å². The molecule has 46 heavy (non-hydrogen) atoms. The lowest BCUT2D eigenvalue weighted by atomic mass is 10.1.